The number of carboxylic acids is 1. The van der Waals surface area contributed by atoms with Crippen LogP contribution in [0.1, 0.15) is 57.9 Å². The molecule has 1 aliphatic rings. The van der Waals surface area contributed by atoms with Gasteiger partial charge in [-0.15, -0.1) is 0 Å². The first-order chi connectivity index (χ1) is 12.9. The zero-order valence-corrected chi connectivity index (χ0v) is 16.2. The fraction of sp³-hybridized carbons (Fsp3) is 0.571. The highest BCUT2D eigenvalue weighted by Gasteiger charge is 2.39. The largest absolute Gasteiger partial charge is 0.481 e. The van der Waals surface area contributed by atoms with Gasteiger partial charge in [0.05, 0.1) is 0 Å². The van der Waals surface area contributed by atoms with E-state index in [0.29, 0.717) is 12.0 Å². The van der Waals surface area contributed by atoms with E-state index in [1.165, 1.54) is 0 Å². The molecule has 1 aliphatic carbocycles. The SMILES string of the molecule is CCC(CNC(=O)CC(C)NC(=O)C1CCCC1)(C(=O)O)c1ccccc1. The lowest BCUT2D eigenvalue weighted by molar-refractivity contribution is -0.144. The number of benzene rings is 1. The quantitative estimate of drug-likeness (QED) is 0.619. The van der Waals surface area contributed by atoms with Crippen molar-refractivity contribution in [2.24, 2.45) is 5.92 Å². The minimum atomic E-state index is -1.16. The maximum absolute atomic E-state index is 12.3. The van der Waals surface area contributed by atoms with Gasteiger partial charge in [0.1, 0.15) is 5.41 Å². The van der Waals surface area contributed by atoms with E-state index in [4.69, 9.17) is 0 Å². The zero-order chi connectivity index (χ0) is 19.9. The van der Waals surface area contributed by atoms with Gasteiger partial charge in [-0.2, -0.15) is 0 Å². The van der Waals surface area contributed by atoms with Crippen LogP contribution in [0.25, 0.3) is 0 Å². The van der Waals surface area contributed by atoms with Crippen molar-refractivity contribution >= 4 is 17.8 Å². The Balaban J connectivity index is 1.91. The maximum Gasteiger partial charge on any atom is 0.315 e. The highest BCUT2D eigenvalue weighted by atomic mass is 16.4. The number of hydrogen-bond donors (Lipinski definition) is 3. The van der Waals surface area contributed by atoms with Crippen molar-refractivity contribution in [1.82, 2.24) is 10.6 Å². The third kappa shape index (κ3) is 5.31. The first-order valence-corrected chi connectivity index (χ1v) is 9.75. The molecule has 2 atom stereocenters. The molecule has 2 amide bonds. The second-order valence-electron chi connectivity index (χ2n) is 7.48. The monoisotopic (exact) mass is 374 g/mol. The highest BCUT2D eigenvalue weighted by molar-refractivity contribution is 5.84. The zero-order valence-electron chi connectivity index (χ0n) is 16.2. The third-order valence-electron chi connectivity index (χ3n) is 5.53. The minimum Gasteiger partial charge on any atom is -0.481 e. The molecule has 0 aromatic heterocycles. The lowest BCUT2D eigenvalue weighted by Crippen LogP contribution is -2.47. The number of carboxylic acid groups (broad SMARTS) is 1. The molecule has 0 bridgehead atoms. The van der Waals surface area contributed by atoms with Gasteiger partial charge in [-0.1, -0.05) is 50.1 Å². The van der Waals surface area contributed by atoms with Crippen LogP contribution in [0.3, 0.4) is 0 Å². The van der Waals surface area contributed by atoms with Crippen LogP contribution in [0, 0.1) is 5.92 Å². The average molecular weight is 374 g/mol. The number of amides is 2. The van der Waals surface area contributed by atoms with Crippen molar-refractivity contribution < 1.29 is 19.5 Å². The van der Waals surface area contributed by atoms with Gasteiger partial charge < -0.3 is 15.7 Å². The smallest absolute Gasteiger partial charge is 0.315 e. The summed E-state index contributed by atoms with van der Waals surface area (Å²) in [7, 11) is 0. The molecule has 0 saturated heterocycles. The number of carbonyl (C=O) groups is 3. The number of aliphatic carboxylic acids is 1. The molecule has 6 heteroatoms. The maximum atomic E-state index is 12.3. The first kappa shape index (κ1) is 20.9. The van der Waals surface area contributed by atoms with E-state index >= 15 is 0 Å². The summed E-state index contributed by atoms with van der Waals surface area (Å²) < 4.78 is 0. The van der Waals surface area contributed by atoms with Gasteiger partial charge in [0, 0.05) is 24.9 Å². The molecule has 1 saturated carbocycles. The molecule has 3 N–H and O–H groups in total. The van der Waals surface area contributed by atoms with Crippen LogP contribution in [0.2, 0.25) is 0 Å². The van der Waals surface area contributed by atoms with Crippen LogP contribution in [0.4, 0.5) is 0 Å². The normalized spacial score (nSPS) is 17.7. The van der Waals surface area contributed by atoms with E-state index in [1.54, 1.807) is 38.1 Å². The second kappa shape index (κ2) is 9.53. The van der Waals surface area contributed by atoms with Crippen molar-refractivity contribution in [1.29, 1.82) is 0 Å². The molecule has 148 valence electrons. The Morgan fingerprint density at radius 2 is 1.81 bits per heavy atom. The Labute approximate surface area is 160 Å². The summed E-state index contributed by atoms with van der Waals surface area (Å²) in [6, 6.07) is 8.69. The second-order valence-corrected chi connectivity index (χ2v) is 7.48. The van der Waals surface area contributed by atoms with Gasteiger partial charge >= 0.3 is 5.97 Å². The van der Waals surface area contributed by atoms with E-state index in [-0.39, 0.29) is 36.7 Å². The molecular formula is C21H30N2O4. The molecule has 0 aliphatic heterocycles. The summed E-state index contributed by atoms with van der Waals surface area (Å²) in [5.41, 5.74) is -0.490. The van der Waals surface area contributed by atoms with E-state index < -0.39 is 11.4 Å². The number of rotatable bonds is 9. The topological polar surface area (TPSA) is 95.5 Å². The molecule has 0 spiro atoms. The average Bonchev–Trinajstić information content (AvgIpc) is 3.18. The van der Waals surface area contributed by atoms with Crippen molar-refractivity contribution in [3.8, 4) is 0 Å². The fourth-order valence-corrected chi connectivity index (χ4v) is 3.74. The highest BCUT2D eigenvalue weighted by Crippen LogP contribution is 2.28. The molecular weight excluding hydrogens is 344 g/mol. The molecule has 6 nitrogen and oxygen atoms in total. The predicted octanol–water partition coefficient (Wildman–Crippen LogP) is 2.62. The van der Waals surface area contributed by atoms with E-state index in [1.807, 2.05) is 6.07 Å². The molecule has 2 unspecified atom stereocenters. The Kier molecular flexibility index (Phi) is 7.39. The Morgan fingerprint density at radius 3 is 2.37 bits per heavy atom. The lowest BCUT2D eigenvalue weighted by atomic mass is 9.78. The van der Waals surface area contributed by atoms with Gasteiger partial charge in [-0.3, -0.25) is 14.4 Å². The van der Waals surface area contributed by atoms with E-state index in [9.17, 15) is 19.5 Å². The van der Waals surface area contributed by atoms with Gasteiger partial charge in [0.2, 0.25) is 11.8 Å². The van der Waals surface area contributed by atoms with Crippen molar-refractivity contribution in [3.05, 3.63) is 35.9 Å². The number of carbonyl (C=O) groups excluding carboxylic acids is 2. The van der Waals surface area contributed by atoms with Gasteiger partial charge in [-0.05, 0) is 31.7 Å². The predicted molar refractivity (Wildman–Crippen MR) is 103 cm³/mol. The van der Waals surface area contributed by atoms with Crippen LogP contribution >= 0.6 is 0 Å². The summed E-state index contributed by atoms with van der Waals surface area (Å²) in [5.74, 6) is -1.14. The molecule has 27 heavy (non-hydrogen) atoms. The Bertz CT molecular complexity index is 655. The van der Waals surface area contributed by atoms with Gasteiger partial charge in [-0.25, -0.2) is 0 Å². The summed E-state index contributed by atoms with van der Waals surface area (Å²) >= 11 is 0. The first-order valence-electron chi connectivity index (χ1n) is 9.75. The molecule has 0 heterocycles. The standard InChI is InChI=1S/C21H30N2O4/c1-3-21(20(26)27,17-11-5-4-6-12-17)14-22-18(24)13-15(2)23-19(25)16-9-7-8-10-16/h4-6,11-12,15-16H,3,7-10,13-14H2,1-2H3,(H,22,24)(H,23,25)(H,26,27). The lowest BCUT2D eigenvalue weighted by Gasteiger charge is -2.29. The van der Waals surface area contributed by atoms with Crippen LogP contribution in [0.15, 0.2) is 30.3 Å². The van der Waals surface area contributed by atoms with Crippen molar-refractivity contribution in [2.45, 2.75) is 63.8 Å². The van der Waals surface area contributed by atoms with Gasteiger partial charge in [0.15, 0.2) is 0 Å². The van der Waals surface area contributed by atoms with E-state index in [2.05, 4.69) is 10.6 Å². The third-order valence-corrected chi connectivity index (χ3v) is 5.53. The van der Waals surface area contributed by atoms with Crippen LogP contribution in [0.5, 0.6) is 0 Å². The Morgan fingerprint density at radius 1 is 1.19 bits per heavy atom. The molecule has 1 aromatic rings. The fourth-order valence-electron chi connectivity index (χ4n) is 3.74. The van der Waals surface area contributed by atoms with Crippen LogP contribution in [-0.2, 0) is 19.8 Å². The van der Waals surface area contributed by atoms with Crippen molar-refractivity contribution in [3.63, 3.8) is 0 Å². The Hall–Kier alpha value is -2.37. The molecule has 2 rings (SSSR count). The summed E-state index contributed by atoms with van der Waals surface area (Å²) in [4.78, 5) is 36.4. The van der Waals surface area contributed by atoms with Crippen molar-refractivity contribution in [2.75, 3.05) is 6.54 Å². The van der Waals surface area contributed by atoms with E-state index in [0.717, 1.165) is 25.7 Å². The summed E-state index contributed by atoms with van der Waals surface area (Å²) in [5, 5.41) is 15.5. The molecule has 1 aromatic carbocycles. The molecule has 1 fully saturated rings. The minimum absolute atomic E-state index is 0.0188. The summed E-state index contributed by atoms with van der Waals surface area (Å²) in [6.45, 7) is 3.62. The number of hydrogen-bond acceptors (Lipinski definition) is 3. The molecule has 0 radical (unpaired) electrons. The van der Waals surface area contributed by atoms with Gasteiger partial charge in [0.25, 0.3) is 0 Å². The van der Waals surface area contributed by atoms with Crippen LogP contribution in [-0.4, -0.2) is 35.5 Å². The number of nitrogens with one attached hydrogen (secondary N) is 2. The van der Waals surface area contributed by atoms with Crippen LogP contribution < -0.4 is 10.6 Å². The summed E-state index contributed by atoms with van der Waals surface area (Å²) in [6.07, 6.45) is 4.49.